The number of carbonyl (C=O) groups is 2. The van der Waals surface area contributed by atoms with Crippen molar-refractivity contribution in [2.45, 2.75) is 57.8 Å². The lowest BCUT2D eigenvalue weighted by Gasteiger charge is -2.35. The zero-order valence-corrected chi connectivity index (χ0v) is 16.5. The molecule has 0 saturated carbocycles. The van der Waals surface area contributed by atoms with Gasteiger partial charge < -0.3 is 19.1 Å². The van der Waals surface area contributed by atoms with Crippen molar-refractivity contribution < 1.29 is 28.7 Å². The summed E-state index contributed by atoms with van der Waals surface area (Å²) in [5.74, 6) is -1.25. The smallest absolute Gasteiger partial charge is 0.338 e. The van der Waals surface area contributed by atoms with Gasteiger partial charge in [-0.25, -0.2) is 9.59 Å². The van der Waals surface area contributed by atoms with Crippen molar-refractivity contribution in [2.24, 2.45) is 11.8 Å². The second-order valence-electron chi connectivity index (χ2n) is 8.43. The molecular formula is C19H29ClNO5+. The molecule has 1 N–H and O–H groups in total. The molecule has 6 unspecified atom stereocenters. The highest BCUT2D eigenvalue weighted by Gasteiger charge is 2.58. The minimum atomic E-state index is -1.60. The number of ether oxygens (including phenoxy) is 2. The molecule has 3 rings (SSSR count). The van der Waals surface area contributed by atoms with Crippen LogP contribution in [0.5, 0.6) is 0 Å². The van der Waals surface area contributed by atoms with Crippen molar-refractivity contribution in [1.82, 2.24) is 0 Å². The monoisotopic (exact) mass is 386 g/mol. The van der Waals surface area contributed by atoms with Crippen LogP contribution in [0.4, 0.5) is 0 Å². The largest absolute Gasteiger partial charge is 0.463 e. The van der Waals surface area contributed by atoms with Crippen LogP contribution in [0.1, 0.15) is 40.0 Å². The van der Waals surface area contributed by atoms with Gasteiger partial charge in [0, 0.05) is 18.9 Å². The number of nitrogens with zero attached hydrogens (tertiary/aromatic N) is 1. The molecule has 3 aliphatic rings. The van der Waals surface area contributed by atoms with Gasteiger partial charge in [-0.2, -0.15) is 0 Å². The highest BCUT2D eigenvalue weighted by atomic mass is 35.5. The van der Waals surface area contributed by atoms with Crippen molar-refractivity contribution in [3.05, 3.63) is 11.6 Å². The van der Waals surface area contributed by atoms with Crippen LogP contribution in [0.25, 0.3) is 0 Å². The lowest BCUT2D eigenvalue weighted by Crippen LogP contribution is -2.52. The van der Waals surface area contributed by atoms with Crippen LogP contribution >= 0.6 is 11.6 Å². The zero-order valence-electron chi connectivity index (χ0n) is 15.7. The van der Waals surface area contributed by atoms with Gasteiger partial charge in [0.05, 0.1) is 19.0 Å². The molecule has 0 aliphatic carbocycles. The normalized spacial score (nSPS) is 44.1. The van der Waals surface area contributed by atoms with Gasteiger partial charge in [0.15, 0.2) is 17.7 Å². The van der Waals surface area contributed by atoms with E-state index in [0.29, 0.717) is 16.9 Å². The first kappa shape index (κ1) is 19.6. The van der Waals surface area contributed by atoms with Crippen molar-refractivity contribution in [1.29, 1.82) is 0 Å². The Labute approximate surface area is 159 Å². The molecule has 6 nitrogen and oxygen atoms in total. The summed E-state index contributed by atoms with van der Waals surface area (Å²) in [7, 11) is 0. The molecule has 2 fully saturated rings. The van der Waals surface area contributed by atoms with Crippen molar-refractivity contribution in [3.63, 3.8) is 0 Å². The summed E-state index contributed by atoms with van der Waals surface area (Å²) in [4.78, 5) is 24.9. The highest BCUT2D eigenvalue weighted by Crippen LogP contribution is 2.42. The van der Waals surface area contributed by atoms with E-state index in [9.17, 15) is 14.7 Å². The summed E-state index contributed by atoms with van der Waals surface area (Å²) in [5, 5.41) is 10.7. The van der Waals surface area contributed by atoms with Gasteiger partial charge >= 0.3 is 11.9 Å². The Morgan fingerprint density at radius 1 is 1.35 bits per heavy atom. The van der Waals surface area contributed by atoms with Crippen LogP contribution in [0.2, 0.25) is 0 Å². The number of hydrogen-bond acceptors (Lipinski definition) is 5. The Kier molecular flexibility index (Phi) is 5.39. The molecule has 3 heterocycles. The molecule has 0 bridgehead atoms. The first-order valence-electron chi connectivity index (χ1n) is 9.39. The Morgan fingerprint density at radius 3 is 2.73 bits per heavy atom. The number of halogens is 1. The summed E-state index contributed by atoms with van der Waals surface area (Å²) in [6.45, 7) is 7.06. The molecule has 0 aromatic rings. The van der Waals surface area contributed by atoms with E-state index in [1.165, 1.54) is 13.0 Å². The van der Waals surface area contributed by atoms with Crippen LogP contribution in [0.3, 0.4) is 0 Å². The average Bonchev–Trinajstić information content (AvgIpc) is 3.10. The van der Waals surface area contributed by atoms with Crippen LogP contribution < -0.4 is 0 Å². The maximum Gasteiger partial charge on any atom is 0.338 e. The van der Waals surface area contributed by atoms with Crippen LogP contribution in [0, 0.1) is 11.8 Å². The third kappa shape index (κ3) is 3.39. The van der Waals surface area contributed by atoms with Gasteiger partial charge in [0.25, 0.3) is 0 Å². The van der Waals surface area contributed by atoms with E-state index >= 15 is 0 Å². The third-order valence-corrected chi connectivity index (χ3v) is 7.08. The molecule has 0 amide bonds. The van der Waals surface area contributed by atoms with Gasteiger partial charge in [-0.1, -0.05) is 24.1 Å². The summed E-state index contributed by atoms with van der Waals surface area (Å²) in [6, 6.07) is 0.508. The number of carbonyl (C=O) groups excluding carboxylic acids is 2. The van der Waals surface area contributed by atoms with E-state index in [2.05, 4.69) is 0 Å². The highest BCUT2D eigenvalue weighted by molar-refractivity contribution is 6.17. The molecule has 3 aliphatic heterocycles. The third-order valence-electron chi connectivity index (χ3n) is 6.60. The number of cyclic esters (lactones) is 1. The lowest BCUT2D eigenvalue weighted by molar-refractivity contribution is -0.920. The van der Waals surface area contributed by atoms with Crippen molar-refractivity contribution >= 4 is 23.5 Å². The van der Waals surface area contributed by atoms with Gasteiger partial charge in [-0.05, 0) is 26.2 Å². The number of hydrogen-bond donors (Lipinski definition) is 1. The Morgan fingerprint density at radius 2 is 2.04 bits per heavy atom. The molecule has 0 radical (unpaired) electrons. The summed E-state index contributed by atoms with van der Waals surface area (Å²) < 4.78 is 12.0. The number of alkyl halides is 1. The molecular weight excluding hydrogens is 358 g/mol. The molecule has 6 atom stereocenters. The Balaban J connectivity index is 1.91. The number of rotatable bonds is 1. The fraction of sp³-hybridized carbons (Fsp3) is 0.789. The second kappa shape index (κ2) is 7.13. The summed E-state index contributed by atoms with van der Waals surface area (Å²) in [6.07, 6.45) is 3.32. The van der Waals surface area contributed by atoms with E-state index in [0.717, 1.165) is 31.5 Å². The van der Waals surface area contributed by atoms with Gasteiger partial charge in [0.2, 0.25) is 0 Å². The maximum absolute atomic E-state index is 12.5. The average molecular weight is 387 g/mol. The summed E-state index contributed by atoms with van der Waals surface area (Å²) >= 11 is 6.29. The van der Waals surface area contributed by atoms with Gasteiger partial charge in [-0.15, -0.1) is 0 Å². The van der Waals surface area contributed by atoms with E-state index in [4.69, 9.17) is 21.1 Å². The second-order valence-corrected chi connectivity index (χ2v) is 8.67. The molecule has 0 aromatic carbocycles. The van der Waals surface area contributed by atoms with Crippen molar-refractivity contribution in [3.8, 4) is 0 Å². The number of allylic oxidation sites excluding steroid dienone is 1. The Hall–Kier alpha value is -1.11. The van der Waals surface area contributed by atoms with Crippen molar-refractivity contribution in [2.75, 3.05) is 25.7 Å². The molecule has 2 saturated heterocycles. The number of aliphatic hydroxyl groups is 1. The minimum absolute atomic E-state index is 0.0427. The number of quaternary nitrogens is 1. The quantitative estimate of drug-likeness (QED) is 0.323. The first-order chi connectivity index (χ1) is 12.2. The van der Waals surface area contributed by atoms with E-state index in [1.807, 2.05) is 6.92 Å². The molecule has 7 heteroatoms. The van der Waals surface area contributed by atoms with Gasteiger partial charge in [0.1, 0.15) is 12.6 Å². The molecule has 146 valence electrons. The Bertz CT molecular complexity index is 619. The minimum Gasteiger partial charge on any atom is -0.463 e. The maximum atomic E-state index is 12.5. The number of esters is 2. The van der Waals surface area contributed by atoms with Crippen LogP contribution in [-0.4, -0.2) is 65.0 Å². The van der Waals surface area contributed by atoms with Crippen LogP contribution in [0.15, 0.2) is 11.6 Å². The molecule has 0 spiro atoms. The zero-order chi connectivity index (χ0) is 19.1. The summed E-state index contributed by atoms with van der Waals surface area (Å²) in [5.41, 5.74) is -0.826. The van der Waals surface area contributed by atoms with Gasteiger partial charge in [-0.3, -0.25) is 0 Å². The standard InChI is InChI=1S/C19H29ClNO5/c1-12-8-13(2)19(3,24)18(23)25-10-14-4-6-21(11-20)7-5-15(17(14)21)26-16(22)9-12/h9,13-15,17,24H,4-8,10-11H2,1-3H3/q+1. The predicted molar refractivity (Wildman–Crippen MR) is 96.2 cm³/mol. The first-order valence-corrected chi connectivity index (χ1v) is 9.92. The SMILES string of the molecule is CC1=CC(=O)OC2CC[N+]3(CCl)CCC(COC(=O)C(C)(O)C(C)C1)C23. The topological polar surface area (TPSA) is 72.8 Å². The fourth-order valence-electron chi connectivity index (χ4n) is 4.83. The fourth-order valence-corrected chi connectivity index (χ4v) is 5.23. The molecule has 0 aromatic heterocycles. The predicted octanol–water partition coefficient (Wildman–Crippen LogP) is 1.98. The van der Waals surface area contributed by atoms with Crippen LogP contribution in [-0.2, 0) is 19.1 Å². The van der Waals surface area contributed by atoms with E-state index in [-0.39, 0.29) is 36.6 Å². The van der Waals surface area contributed by atoms with E-state index in [1.54, 1.807) is 6.92 Å². The lowest BCUT2D eigenvalue weighted by atomic mass is 9.85. The van der Waals surface area contributed by atoms with E-state index < -0.39 is 11.6 Å². The molecule has 26 heavy (non-hydrogen) atoms.